The van der Waals surface area contributed by atoms with Gasteiger partial charge in [-0.05, 0) is 0 Å². The summed E-state index contributed by atoms with van der Waals surface area (Å²) >= 11 is 0. The van der Waals surface area contributed by atoms with Gasteiger partial charge in [-0.1, -0.05) is 6.92 Å². The first-order valence-electron chi connectivity index (χ1n) is 3.46. The molecule has 3 heteroatoms. The van der Waals surface area contributed by atoms with Crippen molar-refractivity contribution < 1.29 is 9.90 Å². The van der Waals surface area contributed by atoms with Crippen LogP contribution in [-0.2, 0) is 4.79 Å². The molecule has 0 aromatic heterocycles. The number of rotatable bonds is 4. The van der Waals surface area contributed by atoms with E-state index < -0.39 is 0 Å². The number of carbonyl (C=O) groups is 1. The van der Waals surface area contributed by atoms with E-state index >= 15 is 0 Å². The van der Waals surface area contributed by atoms with Crippen molar-refractivity contribution >= 4 is 5.91 Å². The molecule has 0 saturated carbocycles. The van der Waals surface area contributed by atoms with Gasteiger partial charge in [0.25, 0.3) is 0 Å². The van der Waals surface area contributed by atoms with Gasteiger partial charge in [-0.3, -0.25) is 4.79 Å². The molecule has 11 heavy (non-hydrogen) atoms. The molecule has 0 aromatic carbocycles. The van der Waals surface area contributed by atoms with E-state index in [1.54, 1.807) is 13.5 Å². The number of amides is 1. The van der Waals surface area contributed by atoms with Crippen LogP contribution in [0.4, 0.5) is 0 Å². The molecular formula is C8H14NO2-. The summed E-state index contributed by atoms with van der Waals surface area (Å²) in [6.45, 7) is 8.82. The number of aliphatic hydroxyl groups is 1. The van der Waals surface area contributed by atoms with E-state index in [-0.39, 0.29) is 12.5 Å². The van der Waals surface area contributed by atoms with Gasteiger partial charge in [-0.15, -0.1) is 6.54 Å². The van der Waals surface area contributed by atoms with Gasteiger partial charge in [-0.2, -0.15) is 0 Å². The van der Waals surface area contributed by atoms with Crippen molar-refractivity contribution in [1.29, 1.82) is 0 Å². The zero-order valence-electron chi connectivity index (χ0n) is 7.00. The first-order valence-corrected chi connectivity index (χ1v) is 3.46. The standard InChI is InChI=1S/C8H14NO2/c1-7(2)6-9(4-5-10)8(3)11/h6,10H,1,4-5H2,2-3H3/q-1. The predicted molar refractivity (Wildman–Crippen MR) is 43.6 cm³/mol. The van der Waals surface area contributed by atoms with Crippen LogP contribution < -0.4 is 0 Å². The van der Waals surface area contributed by atoms with Gasteiger partial charge < -0.3 is 10.0 Å². The molecule has 0 radical (unpaired) electrons. The van der Waals surface area contributed by atoms with Crippen LogP contribution >= 0.6 is 0 Å². The number of nitrogens with zero attached hydrogens (tertiary/aromatic N) is 1. The summed E-state index contributed by atoms with van der Waals surface area (Å²) in [7, 11) is 0. The molecule has 64 valence electrons. The molecule has 0 rings (SSSR count). The van der Waals surface area contributed by atoms with Gasteiger partial charge in [0, 0.05) is 13.5 Å². The minimum Gasteiger partial charge on any atom is -0.396 e. The van der Waals surface area contributed by atoms with Crippen molar-refractivity contribution in [2.45, 2.75) is 13.8 Å². The Bertz CT molecular complexity index is 154. The van der Waals surface area contributed by atoms with E-state index in [1.165, 1.54) is 11.8 Å². The molecule has 0 aliphatic rings. The van der Waals surface area contributed by atoms with Crippen LogP contribution in [0.1, 0.15) is 13.8 Å². The first-order chi connectivity index (χ1) is 5.07. The van der Waals surface area contributed by atoms with Crippen molar-refractivity contribution in [2.24, 2.45) is 0 Å². The summed E-state index contributed by atoms with van der Waals surface area (Å²) < 4.78 is 0. The topological polar surface area (TPSA) is 40.5 Å². The Hall–Kier alpha value is -0.960. The zero-order valence-corrected chi connectivity index (χ0v) is 7.00. The largest absolute Gasteiger partial charge is 0.396 e. The number of hydrogen-bond acceptors (Lipinski definition) is 2. The third kappa shape index (κ3) is 4.44. The average Bonchev–Trinajstić information content (AvgIpc) is 1.86. The highest BCUT2D eigenvalue weighted by Gasteiger charge is 2.00. The van der Waals surface area contributed by atoms with Gasteiger partial charge in [-0.25, -0.2) is 12.2 Å². The third-order valence-electron chi connectivity index (χ3n) is 1.12. The van der Waals surface area contributed by atoms with E-state index in [4.69, 9.17) is 5.11 Å². The molecule has 0 heterocycles. The molecule has 0 spiro atoms. The van der Waals surface area contributed by atoms with E-state index in [0.29, 0.717) is 6.54 Å². The van der Waals surface area contributed by atoms with Crippen LogP contribution in [0.5, 0.6) is 0 Å². The van der Waals surface area contributed by atoms with Crippen molar-refractivity contribution in [2.75, 3.05) is 13.2 Å². The predicted octanol–water partition coefficient (Wildman–Crippen LogP) is 0.565. The summed E-state index contributed by atoms with van der Waals surface area (Å²) in [5, 5.41) is 8.55. The summed E-state index contributed by atoms with van der Waals surface area (Å²) in [6.07, 6.45) is 0. The molecule has 3 nitrogen and oxygen atoms in total. The third-order valence-corrected chi connectivity index (χ3v) is 1.12. The second-order valence-electron chi connectivity index (χ2n) is 2.41. The Kier molecular flexibility index (Phi) is 4.38. The monoisotopic (exact) mass is 156 g/mol. The molecule has 0 fully saturated rings. The summed E-state index contributed by atoms with van der Waals surface area (Å²) in [5.41, 5.74) is 0.800. The van der Waals surface area contributed by atoms with E-state index in [1.807, 2.05) is 0 Å². The van der Waals surface area contributed by atoms with Crippen LogP contribution in [0.25, 0.3) is 0 Å². The number of carbonyl (C=O) groups excluding carboxylic acids is 1. The lowest BCUT2D eigenvalue weighted by Crippen LogP contribution is -2.29. The molecule has 0 aromatic rings. The molecule has 0 bridgehead atoms. The van der Waals surface area contributed by atoms with Gasteiger partial charge in [0.05, 0.1) is 6.61 Å². The van der Waals surface area contributed by atoms with Gasteiger partial charge >= 0.3 is 0 Å². The Balaban J connectivity index is 3.89. The summed E-state index contributed by atoms with van der Waals surface area (Å²) in [4.78, 5) is 12.2. The van der Waals surface area contributed by atoms with Crippen molar-refractivity contribution in [1.82, 2.24) is 4.90 Å². The van der Waals surface area contributed by atoms with Crippen LogP contribution in [0, 0.1) is 6.54 Å². The summed E-state index contributed by atoms with van der Waals surface area (Å²) in [5.74, 6) is -0.0814. The van der Waals surface area contributed by atoms with Gasteiger partial charge in [0.1, 0.15) is 0 Å². The van der Waals surface area contributed by atoms with Crippen molar-refractivity contribution in [3.8, 4) is 0 Å². The van der Waals surface area contributed by atoms with Gasteiger partial charge in [0.15, 0.2) is 0 Å². The number of aliphatic hydroxyl groups excluding tert-OH is 1. The van der Waals surface area contributed by atoms with E-state index in [9.17, 15) is 4.79 Å². The Morgan fingerprint density at radius 1 is 1.64 bits per heavy atom. The first kappa shape index (κ1) is 10.0. The maximum atomic E-state index is 10.8. The minimum atomic E-state index is -0.0814. The van der Waals surface area contributed by atoms with Crippen molar-refractivity contribution in [3.63, 3.8) is 0 Å². The second-order valence-corrected chi connectivity index (χ2v) is 2.41. The highest BCUT2D eigenvalue weighted by Crippen LogP contribution is 2.01. The second kappa shape index (κ2) is 4.79. The van der Waals surface area contributed by atoms with Crippen LogP contribution in [-0.4, -0.2) is 29.1 Å². The Labute approximate surface area is 67.3 Å². The SMILES string of the molecule is C=C(C)[CH-]N(CCO)C(C)=O. The maximum absolute atomic E-state index is 10.8. The highest BCUT2D eigenvalue weighted by atomic mass is 16.3. The lowest BCUT2D eigenvalue weighted by molar-refractivity contribution is -0.127. The van der Waals surface area contributed by atoms with Crippen LogP contribution in [0.15, 0.2) is 12.2 Å². The quantitative estimate of drug-likeness (QED) is 0.604. The fraction of sp³-hybridized carbons (Fsp3) is 0.500. The molecule has 1 N–H and O–H groups in total. The molecular weight excluding hydrogens is 142 g/mol. The maximum Gasteiger partial charge on any atom is 0.207 e. The lowest BCUT2D eigenvalue weighted by Gasteiger charge is -2.26. The fourth-order valence-electron chi connectivity index (χ4n) is 0.687. The minimum absolute atomic E-state index is 0.0244. The molecule has 1 amide bonds. The van der Waals surface area contributed by atoms with Crippen molar-refractivity contribution in [3.05, 3.63) is 18.7 Å². The molecule has 0 unspecified atom stereocenters. The molecule has 0 saturated heterocycles. The summed E-state index contributed by atoms with van der Waals surface area (Å²) in [6, 6.07) is 0. The van der Waals surface area contributed by atoms with E-state index in [2.05, 4.69) is 6.58 Å². The number of hydrogen-bond donors (Lipinski definition) is 1. The highest BCUT2D eigenvalue weighted by molar-refractivity contribution is 5.74. The smallest absolute Gasteiger partial charge is 0.207 e. The molecule has 0 atom stereocenters. The Morgan fingerprint density at radius 2 is 2.18 bits per heavy atom. The van der Waals surface area contributed by atoms with Crippen LogP contribution in [0.3, 0.4) is 0 Å². The molecule has 0 aliphatic carbocycles. The molecule has 0 aliphatic heterocycles. The zero-order chi connectivity index (χ0) is 8.85. The van der Waals surface area contributed by atoms with E-state index in [0.717, 1.165) is 5.57 Å². The Morgan fingerprint density at radius 3 is 2.45 bits per heavy atom. The average molecular weight is 156 g/mol. The van der Waals surface area contributed by atoms with Crippen LogP contribution in [0.2, 0.25) is 0 Å². The normalized spacial score (nSPS) is 9.00. The lowest BCUT2D eigenvalue weighted by atomic mass is 10.3. The van der Waals surface area contributed by atoms with Gasteiger partial charge in [0.2, 0.25) is 5.91 Å². The fourth-order valence-corrected chi connectivity index (χ4v) is 0.687.